The summed E-state index contributed by atoms with van der Waals surface area (Å²) in [5, 5.41) is 21.3. The lowest BCUT2D eigenvalue weighted by Crippen LogP contribution is -2.44. The molecule has 4 unspecified atom stereocenters. The van der Waals surface area contributed by atoms with E-state index in [9.17, 15) is 5.11 Å². The maximum atomic E-state index is 9.53. The van der Waals surface area contributed by atoms with Gasteiger partial charge >= 0.3 is 0 Å². The van der Waals surface area contributed by atoms with Gasteiger partial charge in [-0.05, 0) is 7.05 Å². The number of aliphatic hydroxyl groups is 2. The van der Waals surface area contributed by atoms with Gasteiger partial charge in [-0.15, -0.1) is 0 Å². The highest BCUT2D eigenvalue weighted by atomic mass is 16.7. The Kier molecular flexibility index (Phi) is 3.42. The molecule has 0 amide bonds. The van der Waals surface area contributed by atoms with Crippen LogP contribution in [0.2, 0.25) is 0 Å². The van der Waals surface area contributed by atoms with Crippen LogP contribution in [-0.4, -0.2) is 55.5 Å². The molecule has 0 aromatic rings. The van der Waals surface area contributed by atoms with Gasteiger partial charge in [0.2, 0.25) is 0 Å². The summed E-state index contributed by atoms with van der Waals surface area (Å²) in [6.45, 7) is -0.123. The molecule has 1 heterocycles. The van der Waals surface area contributed by atoms with E-state index in [1.807, 2.05) is 0 Å². The van der Waals surface area contributed by atoms with Gasteiger partial charge in [-0.1, -0.05) is 0 Å². The van der Waals surface area contributed by atoms with Gasteiger partial charge in [0, 0.05) is 7.11 Å². The zero-order valence-electron chi connectivity index (χ0n) is 7.23. The maximum absolute atomic E-state index is 9.53. The van der Waals surface area contributed by atoms with Gasteiger partial charge in [-0.2, -0.15) is 0 Å². The van der Waals surface area contributed by atoms with Crippen LogP contribution in [0.5, 0.6) is 0 Å². The van der Waals surface area contributed by atoms with E-state index in [2.05, 4.69) is 5.32 Å². The standard InChI is InChI=1S/C7H15NO4/c1-8-5-4(3-9)12-7(11-2)6(5)10/h4-10H,3H2,1-2H3. The first kappa shape index (κ1) is 9.88. The highest BCUT2D eigenvalue weighted by Gasteiger charge is 2.42. The molecular weight excluding hydrogens is 162 g/mol. The molecule has 1 aliphatic rings. The van der Waals surface area contributed by atoms with E-state index < -0.39 is 18.5 Å². The normalized spacial score (nSPS) is 42.0. The second-order valence-corrected chi connectivity index (χ2v) is 2.77. The minimum absolute atomic E-state index is 0.123. The van der Waals surface area contributed by atoms with Crippen molar-refractivity contribution in [2.24, 2.45) is 0 Å². The number of likely N-dealkylation sites (N-methyl/N-ethyl adjacent to an activating group) is 1. The third kappa shape index (κ3) is 1.60. The summed E-state index contributed by atoms with van der Waals surface area (Å²) < 4.78 is 10.1. The fourth-order valence-corrected chi connectivity index (χ4v) is 1.43. The molecule has 1 aliphatic heterocycles. The molecule has 1 fully saturated rings. The van der Waals surface area contributed by atoms with Crippen molar-refractivity contribution in [2.75, 3.05) is 20.8 Å². The Morgan fingerprint density at radius 3 is 2.58 bits per heavy atom. The molecule has 72 valence electrons. The lowest BCUT2D eigenvalue weighted by Gasteiger charge is -2.16. The second-order valence-electron chi connectivity index (χ2n) is 2.77. The average Bonchev–Trinajstić information content (AvgIpc) is 2.41. The van der Waals surface area contributed by atoms with Crippen LogP contribution in [0.4, 0.5) is 0 Å². The van der Waals surface area contributed by atoms with Crippen LogP contribution in [0, 0.1) is 0 Å². The first-order valence-electron chi connectivity index (χ1n) is 3.89. The van der Waals surface area contributed by atoms with E-state index >= 15 is 0 Å². The summed E-state index contributed by atoms with van der Waals surface area (Å²) in [7, 11) is 3.16. The molecule has 0 saturated carbocycles. The molecule has 0 bridgehead atoms. The third-order valence-electron chi connectivity index (χ3n) is 2.10. The van der Waals surface area contributed by atoms with E-state index in [1.165, 1.54) is 7.11 Å². The van der Waals surface area contributed by atoms with Gasteiger partial charge in [0.15, 0.2) is 6.29 Å². The van der Waals surface area contributed by atoms with Crippen molar-refractivity contribution in [2.45, 2.75) is 24.5 Å². The summed E-state index contributed by atoms with van der Waals surface area (Å²) in [6.07, 6.45) is -1.76. The van der Waals surface area contributed by atoms with Gasteiger partial charge < -0.3 is 25.0 Å². The minimum atomic E-state index is -0.725. The summed E-state index contributed by atoms with van der Waals surface area (Å²) in [6, 6.07) is -0.264. The smallest absolute Gasteiger partial charge is 0.185 e. The van der Waals surface area contributed by atoms with E-state index in [-0.39, 0.29) is 12.6 Å². The SMILES string of the molecule is CNC1C(CO)OC(OC)C1O. The lowest BCUT2D eigenvalue weighted by atomic mass is 10.1. The molecule has 3 N–H and O–H groups in total. The zero-order chi connectivity index (χ0) is 9.14. The van der Waals surface area contributed by atoms with E-state index in [0.717, 1.165) is 0 Å². The number of methoxy groups -OCH3 is 1. The van der Waals surface area contributed by atoms with Crippen LogP contribution in [0.15, 0.2) is 0 Å². The van der Waals surface area contributed by atoms with E-state index in [0.29, 0.717) is 0 Å². The fraction of sp³-hybridized carbons (Fsp3) is 1.00. The van der Waals surface area contributed by atoms with Crippen molar-refractivity contribution < 1.29 is 19.7 Å². The molecule has 0 radical (unpaired) electrons. The number of rotatable bonds is 3. The van der Waals surface area contributed by atoms with Crippen LogP contribution in [0.3, 0.4) is 0 Å². The Morgan fingerprint density at radius 1 is 1.58 bits per heavy atom. The topological polar surface area (TPSA) is 71.0 Å². The lowest BCUT2D eigenvalue weighted by molar-refractivity contribution is -0.153. The van der Waals surface area contributed by atoms with Crippen molar-refractivity contribution in [1.29, 1.82) is 0 Å². The third-order valence-corrected chi connectivity index (χ3v) is 2.10. The van der Waals surface area contributed by atoms with Gasteiger partial charge in [0.05, 0.1) is 12.6 Å². The van der Waals surface area contributed by atoms with Crippen LogP contribution in [-0.2, 0) is 9.47 Å². The van der Waals surface area contributed by atoms with Crippen LogP contribution in [0.1, 0.15) is 0 Å². The number of hydrogen-bond acceptors (Lipinski definition) is 5. The number of nitrogens with one attached hydrogen (secondary N) is 1. The summed E-state index contributed by atoms with van der Waals surface area (Å²) in [5.41, 5.74) is 0. The predicted molar refractivity (Wildman–Crippen MR) is 41.6 cm³/mol. The number of aliphatic hydroxyl groups excluding tert-OH is 2. The highest BCUT2D eigenvalue weighted by molar-refractivity contribution is 4.91. The largest absolute Gasteiger partial charge is 0.394 e. The molecule has 5 nitrogen and oxygen atoms in total. The highest BCUT2D eigenvalue weighted by Crippen LogP contribution is 2.20. The molecule has 5 heteroatoms. The first-order chi connectivity index (χ1) is 5.74. The summed E-state index contributed by atoms with van der Waals surface area (Å²) >= 11 is 0. The fourth-order valence-electron chi connectivity index (χ4n) is 1.43. The van der Waals surface area contributed by atoms with Crippen molar-refractivity contribution in [3.63, 3.8) is 0 Å². The Hall–Kier alpha value is -0.200. The summed E-state index contributed by atoms with van der Waals surface area (Å²) in [4.78, 5) is 0. The van der Waals surface area contributed by atoms with E-state index in [1.54, 1.807) is 7.05 Å². The molecule has 0 aromatic carbocycles. The van der Waals surface area contributed by atoms with Gasteiger partial charge in [-0.25, -0.2) is 0 Å². The van der Waals surface area contributed by atoms with Crippen molar-refractivity contribution in [3.05, 3.63) is 0 Å². The zero-order valence-corrected chi connectivity index (χ0v) is 7.23. The Morgan fingerprint density at radius 2 is 2.25 bits per heavy atom. The molecule has 1 rings (SSSR count). The Labute approximate surface area is 71.3 Å². The maximum Gasteiger partial charge on any atom is 0.185 e. The molecule has 0 spiro atoms. The van der Waals surface area contributed by atoms with Crippen LogP contribution in [0.25, 0.3) is 0 Å². The monoisotopic (exact) mass is 177 g/mol. The average molecular weight is 177 g/mol. The Balaban J connectivity index is 2.58. The van der Waals surface area contributed by atoms with Crippen molar-refractivity contribution in [3.8, 4) is 0 Å². The minimum Gasteiger partial charge on any atom is -0.394 e. The number of hydrogen-bond donors (Lipinski definition) is 3. The van der Waals surface area contributed by atoms with Gasteiger partial charge in [0.1, 0.15) is 12.2 Å². The van der Waals surface area contributed by atoms with Gasteiger partial charge in [0.25, 0.3) is 0 Å². The molecular formula is C7H15NO4. The quantitative estimate of drug-likeness (QED) is 0.479. The van der Waals surface area contributed by atoms with Crippen LogP contribution >= 0.6 is 0 Å². The molecule has 0 aliphatic carbocycles. The molecule has 12 heavy (non-hydrogen) atoms. The molecule has 1 saturated heterocycles. The van der Waals surface area contributed by atoms with E-state index in [4.69, 9.17) is 14.6 Å². The number of ether oxygens (including phenoxy) is 2. The Bertz CT molecular complexity index is 141. The van der Waals surface area contributed by atoms with Crippen LogP contribution < -0.4 is 5.32 Å². The van der Waals surface area contributed by atoms with Crippen molar-refractivity contribution >= 4 is 0 Å². The first-order valence-corrected chi connectivity index (χ1v) is 3.89. The second kappa shape index (κ2) is 4.15. The predicted octanol–water partition coefficient (Wildman–Crippen LogP) is -1.70. The summed E-state index contributed by atoms with van der Waals surface area (Å²) in [5.74, 6) is 0. The molecule has 0 aromatic heterocycles. The van der Waals surface area contributed by atoms with Crippen molar-refractivity contribution in [1.82, 2.24) is 5.32 Å². The van der Waals surface area contributed by atoms with Gasteiger partial charge in [-0.3, -0.25) is 0 Å². The molecule has 4 atom stereocenters.